The van der Waals surface area contributed by atoms with Crippen molar-refractivity contribution >= 4 is 11.6 Å². The molecule has 112 valence electrons. The molecular formula is C14H16FN3O3. The highest BCUT2D eigenvalue weighted by molar-refractivity contribution is 5.94. The summed E-state index contributed by atoms with van der Waals surface area (Å²) in [4.78, 5) is 24.2. The van der Waals surface area contributed by atoms with Crippen LogP contribution < -0.4 is 5.32 Å². The summed E-state index contributed by atoms with van der Waals surface area (Å²) < 4.78 is 13.6. The van der Waals surface area contributed by atoms with Gasteiger partial charge in [-0.2, -0.15) is 4.39 Å². The van der Waals surface area contributed by atoms with Crippen molar-refractivity contribution in [1.82, 2.24) is 10.2 Å². The number of carbonyl (C=O) groups excluding carboxylic acids is 1. The number of nitrogens with one attached hydrogen (secondary N) is 1. The Balaban J connectivity index is 1.71. The molecule has 7 heteroatoms. The summed E-state index contributed by atoms with van der Waals surface area (Å²) in [5.41, 5.74) is -0.496. The Kier molecular flexibility index (Phi) is 3.59. The SMILES string of the molecule is O=C(NC1CN2CCC1CC2)c1ccc([N+](=O)[O-])c(F)c1. The van der Waals surface area contributed by atoms with Crippen LogP contribution in [-0.2, 0) is 0 Å². The topological polar surface area (TPSA) is 75.5 Å². The van der Waals surface area contributed by atoms with Gasteiger partial charge in [0.05, 0.1) is 4.92 Å². The molecule has 0 aromatic heterocycles. The van der Waals surface area contributed by atoms with Crippen LogP contribution in [0.2, 0.25) is 0 Å². The number of benzene rings is 1. The fourth-order valence-corrected chi connectivity index (χ4v) is 3.18. The van der Waals surface area contributed by atoms with E-state index in [2.05, 4.69) is 10.2 Å². The third-order valence-corrected chi connectivity index (χ3v) is 4.38. The zero-order chi connectivity index (χ0) is 15.0. The molecule has 1 N–H and O–H groups in total. The van der Waals surface area contributed by atoms with Gasteiger partial charge in [0, 0.05) is 24.2 Å². The molecule has 1 aromatic rings. The number of nitrogens with zero attached hydrogens (tertiary/aromatic N) is 2. The van der Waals surface area contributed by atoms with Crippen molar-refractivity contribution in [1.29, 1.82) is 0 Å². The van der Waals surface area contributed by atoms with Gasteiger partial charge in [-0.1, -0.05) is 0 Å². The van der Waals surface area contributed by atoms with Crippen molar-refractivity contribution < 1.29 is 14.1 Å². The lowest BCUT2D eigenvalue weighted by Crippen LogP contribution is -2.57. The van der Waals surface area contributed by atoms with E-state index in [4.69, 9.17) is 0 Å². The normalized spacial score (nSPS) is 27.4. The van der Waals surface area contributed by atoms with E-state index in [0.717, 1.165) is 44.6 Å². The third kappa shape index (κ3) is 2.73. The second kappa shape index (κ2) is 5.40. The summed E-state index contributed by atoms with van der Waals surface area (Å²) in [5.74, 6) is -0.883. The third-order valence-electron chi connectivity index (χ3n) is 4.38. The lowest BCUT2D eigenvalue weighted by atomic mass is 9.84. The van der Waals surface area contributed by atoms with Gasteiger partial charge in [-0.05, 0) is 44.0 Å². The summed E-state index contributed by atoms with van der Waals surface area (Å²) in [5, 5.41) is 13.5. The van der Waals surface area contributed by atoms with Gasteiger partial charge >= 0.3 is 5.69 Å². The Morgan fingerprint density at radius 2 is 2.10 bits per heavy atom. The zero-order valence-electron chi connectivity index (χ0n) is 11.4. The van der Waals surface area contributed by atoms with Gasteiger partial charge in [-0.3, -0.25) is 14.9 Å². The van der Waals surface area contributed by atoms with Crippen molar-refractivity contribution in [2.24, 2.45) is 5.92 Å². The van der Waals surface area contributed by atoms with Crippen LogP contribution in [0.25, 0.3) is 0 Å². The van der Waals surface area contributed by atoms with E-state index in [1.54, 1.807) is 0 Å². The van der Waals surface area contributed by atoms with Crippen molar-refractivity contribution in [2.75, 3.05) is 19.6 Å². The Morgan fingerprint density at radius 1 is 1.38 bits per heavy atom. The fourth-order valence-electron chi connectivity index (χ4n) is 3.18. The molecule has 21 heavy (non-hydrogen) atoms. The Hall–Kier alpha value is -2.02. The molecule has 1 amide bonds. The first kappa shape index (κ1) is 13.9. The summed E-state index contributed by atoms with van der Waals surface area (Å²) in [6.07, 6.45) is 2.14. The molecule has 0 saturated carbocycles. The molecule has 4 rings (SSSR count). The molecule has 0 spiro atoms. The molecule has 3 fully saturated rings. The summed E-state index contributed by atoms with van der Waals surface area (Å²) >= 11 is 0. The van der Waals surface area contributed by atoms with Crippen LogP contribution in [0.1, 0.15) is 23.2 Å². The van der Waals surface area contributed by atoms with E-state index in [1.807, 2.05) is 0 Å². The van der Waals surface area contributed by atoms with Crippen molar-refractivity contribution in [3.05, 3.63) is 39.7 Å². The van der Waals surface area contributed by atoms with E-state index < -0.39 is 16.4 Å². The van der Waals surface area contributed by atoms with Crippen LogP contribution in [-0.4, -0.2) is 41.4 Å². The van der Waals surface area contributed by atoms with E-state index in [1.165, 1.54) is 6.07 Å². The molecule has 1 aromatic carbocycles. The van der Waals surface area contributed by atoms with Gasteiger partial charge in [-0.15, -0.1) is 0 Å². The second-order valence-corrected chi connectivity index (χ2v) is 5.64. The molecule has 0 aliphatic carbocycles. The standard InChI is InChI=1S/C14H16FN3O3/c15-11-7-10(1-2-13(11)18(20)21)14(19)16-12-8-17-5-3-9(12)4-6-17/h1-2,7,9,12H,3-6,8H2,(H,16,19). The molecule has 3 aliphatic rings. The molecule has 0 radical (unpaired) electrons. The largest absolute Gasteiger partial charge is 0.348 e. The quantitative estimate of drug-likeness (QED) is 0.678. The predicted molar refractivity (Wildman–Crippen MR) is 73.5 cm³/mol. The number of nitro benzene ring substituents is 1. The number of nitro groups is 1. The van der Waals surface area contributed by atoms with E-state index in [9.17, 15) is 19.3 Å². The van der Waals surface area contributed by atoms with Crippen molar-refractivity contribution in [3.8, 4) is 0 Å². The average molecular weight is 293 g/mol. The molecular weight excluding hydrogens is 277 g/mol. The highest BCUT2D eigenvalue weighted by atomic mass is 19.1. The second-order valence-electron chi connectivity index (χ2n) is 5.64. The zero-order valence-corrected chi connectivity index (χ0v) is 11.4. The Labute approximate surface area is 121 Å². The molecule has 6 nitrogen and oxygen atoms in total. The van der Waals surface area contributed by atoms with Crippen LogP contribution in [0.4, 0.5) is 10.1 Å². The molecule has 3 aliphatic heterocycles. The first-order valence-corrected chi connectivity index (χ1v) is 7.02. The van der Waals surface area contributed by atoms with E-state index in [-0.39, 0.29) is 17.5 Å². The molecule has 3 saturated heterocycles. The van der Waals surface area contributed by atoms with Crippen LogP contribution in [0.15, 0.2) is 18.2 Å². The minimum absolute atomic E-state index is 0.0817. The average Bonchev–Trinajstić information content (AvgIpc) is 2.48. The number of amides is 1. The summed E-state index contributed by atoms with van der Waals surface area (Å²) in [7, 11) is 0. The summed E-state index contributed by atoms with van der Waals surface area (Å²) in [6.45, 7) is 2.97. The number of halogens is 1. The minimum Gasteiger partial charge on any atom is -0.348 e. The molecule has 3 heterocycles. The Bertz CT molecular complexity index is 585. The van der Waals surface area contributed by atoms with Gasteiger partial charge in [0.15, 0.2) is 0 Å². The summed E-state index contributed by atoms with van der Waals surface area (Å²) in [6, 6.07) is 3.33. The van der Waals surface area contributed by atoms with Crippen LogP contribution >= 0.6 is 0 Å². The van der Waals surface area contributed by atoms with Crippen molar-refractivity contribution in [3.63, 3.8) is 0 Å². The highest BCUT2D eigenvalue weighted by Gasteiger charge is 2.35. The maximum atomic E-state index is 13.6. The van der Waals surface area contributed by atoms with Crippen LogP contribution in [0, 0.1) is 21.8 Å². The first-order chi connectivity index (χ1) is 10.0. The van der Waals surface area contributed by atoms with Crippen molar-refractivity contribution in [2.45, 2.75) is 18.9 Å². The number of carbonyl (C=O) groups is 1. The fraction of sp³-hybridized carbons (Fsp3) is 0.500. The van der Waals surface area contributed by atoms with E-state index in [0.29, 0.717) is 5.92 Å². The first-order valence-electron chi connectivity index (χ1n) is 7.02. The van der Waals surface area contributed by atoms with Gasteiger partial charge in [-0.25, -0.2) is 0 Å². The van der Waals surface area contributed by atoms with E-state index >= 15 is 0 Å². The maximum absolute atomic E-state index is 13.6. The molecule has 1 unspecified atom stereocenters. The maximum Gasteiger partial charge on any atom is 0.304 e. The van der Waals surface area contributed by atoms with Gasteiger partial charge in [0.1, 0.15) is 0 Å². The lowest BCUT2D eigenvalue weighted by molar-refractivity contribution is -0.387. The van der Waals surface area contributed by atoms with Gasteiger partial charge in [0.25, 0.3) is 5.91 Å². The van der Waals surface area contributed by atoms with Gasteiger partial charge < -0.3 is 10.2 Å². The number of piperidine rings is 3. The smallest absolute Gasteiger partial charge is 0.304 e. The van der Waals surface area contributed by atoms with Gasteiger partial charge in [0.2, 0.25) is 5.82 Å². The number of hydrogen-bond acceptors (Lipinski definition) is 4. The van der Waals surface area contributed by atoms with Crippen LogP contribution in [0.5, 0.6) is 0 Å². The monoisotopic (exact) mass is 293 g/mol. The molecule has 2 bridgehead atoms. The minimum atomic E-state index is -0.985. The number of fused-ring (bicyclic) bond motifs is 3. The lowest BCUT2D eigenvalue weighted by Gasteiger charge is -2.44. The number of rotatable bonds is 3. The molecule has 1 atom stereocenters. The number of hydrogen-bond donors (Lipinski definition) is 1. The predicted octanol–water partition coefficient (Wildman–Crippen LogP) is 1.56. The Morgan fingerprint density at radius 3 is 2.62 bits per heavy atom. The highest BCUT2D eigenvalue weighted by Crippen LogP contribution is 2.27. The van der Waals surface area contributed by atoms with Crippen LogP contribution in [0.3, 0.4) is 0 Å².